The molecule has 148 valence electrons. The number of nitriles is 1. The van der Waals surface area contributed by atoms with Crippen molar-refractivity contribution in [2.24, 2.45) is 13.0 Å². The Morgan fingerprint density at radius 3 is 2.69 bits per heavy atom. The van der Waals surface area contributed by atoms with Crippen molar-refractivity contribution in [1.82, 2.24) is 9.55 Å². The highest BCUT2D eigenvalue weighted by Crippen LogP contribution is 2.30. The number of aryl methyl sites for hydroxylation is 1. The zero-order valence-corrected chi connectivity index (χ0v) is 16.3. The van der Waals surface area contributed by atoms with Gasteiger partial charge in [0.1, 0.15) is 35.0 Å². The van der Waals surface area contributed by atoms with Crippen LogP contribution in [0.15, 0.2) is 47.3 Å². The normalized spacial score (nSPS) is 19.2. The molecule has 1 fully saturated rings. The number of piperidine rings is 1. The maximum absolute atomic E-state index is 13.1. The Morgan fingerprint density at radius 1 is 1.24 bits per heavy atom. The standard InChI is InChI=1S/C22H21FN4O2/c1-14-13-27(10-9-20(14)29-17-6-3-15(23)4-7-17)19-11-21(28)26(2)18-8-5-16(12-24)25-22(18)19/h3-8,11,14,20H,9-10,13H2,1-2H3/t14-,20-/m1/s1. The number of hydrogen-bond donors (Lipinski definition) is 0. The molecule has 1 aromatic carbocycles. The third kappa shape index (κ3) is 3.66. The Balaban J connectivity index is 1.61. The molecule has 29 heavy (non-hydrogen) atoms. The maximum atomic E-state index is 13.1. The Bertz CT molecular complexity index is 1150. The lowest BCUT2D eigenvalue weighted by Gasteiger charge is -2.38. The van der Waals surface area contributed by atoms with Crippen molar-refractivity contribution in [3.8, 4) is 11.8 Å². The first-order valence-electron chi connectivity index (χ1n) is 9.54. The number of ether oxygens (including phenoxy) is 1. The monoisotopic (exact) mass is 392 g/mol. The minimum absolute atomic E-state index is 0.00264. The Labute approximate surface area is 167 Å². The van der Waals surface area contributed by atoms with Crippen LogP contribution in [0.25, 0.3) is 11.0 Å². The van der Waals surface area contributed by atoms with Crippen LogP contribution in [-0.2, 0) is 7.05 Å². The van der Waals surface area contributed by atoms with E-state index in [1.165, 1.54) is 12.1 Å². The van der Waals surface area contributed by atoms with E-state index < -0.39 is 0 Å². The first-order chi connectivity index (χ1) is 14.0. The fourth-order valence-electron chi connectivity index (χ4n) is 3.82. The van der Waals surface area contributed by atoms with E-state index in [4.69, 9.17) is 4.74 Å². The Hall–Kier alpha value is -3.40. The molecule has 0 N–H and O–H groups in total. The van der Waals surface area contributed by atoms with Crippen LogP contribution in [0.3, 0.4) is 0 Å². The first-order valence-corrected chi connectivity index (χ1v) is 9.54. The summed E-state index contributed by atoms with van der Waals surface area (Å²) in [4.78, 5) is 19.0. The average Bonchev–Trinajstić information content (AvgIpc) is 2.73. The van der Waals surface area contributed by atoms with Gasteiger partial charge in [0.15, 0.2) is 0 Å². The average molecular weight is 392 g/mol. The molecule has 6 nitrogen and oxygen atoms in total. The van der Waals surface area contributed by atoms with Gasteiger partial charge in [0.25, 0.3) is 5.56 Å². The molecular formula is C22H21FN4O2. The molecule has 0 saturated carbocycles. The number of benzene rings is 1. The maximum Gasteiger partial charge on any atom is 0.252 e. The predicted molar refractivity (Wildman–Crippen MR) is 109 cm³/mol. The van der Waals surface area contributed by atoms with Crippen LogP contribution >= 0.6 is 0 Å². The van der Waals surface area contributed by atoms with E-state index in [0.29, 0.717) is 35.6 Å². The van der Waals surface area contributed by atoms with Gasteiger partial charge in [-0.2, -0.15) is 5.26 Å². The van der Waals surface area contributed by atoms with E-state index in [1.54, 1.807) is 41.9 Å². The van der Waals surface area contributed by atoms with Crippen LogP contribution in [0, 0.1) is 23.1 Å². The lowest BCUT2D eigenvalue weighted by Crippen LogP contribution is -2.45. The summed E-state index contributed by atoms with van der Waals surface area (Å²) in [5, 5.41) is 9.22. The van der Waals surface area contributed by atoms with E-state index in [2.05, 4.69) is 22.9 Å². The van der Waals surface area contributed by atoms with Crippen LogP contribution in [0.1, 0.15) is 19.0 Å². The van der Waals surface area contributed by atoms with Gasteiger partial charge in [-0.15, -0.1) is 0 Å². The van der Waals surface area contributed by atoms with Crippen molar-refractivity contribution < 1.29 is 9.13 Å². The minimum Gasteiger partial charge on any atom is -0.490 e. The van der Waals surface area contributed by atoms with E-state index in [0.717, 1.165) is 12.1 Å². The summed E-state index contributed by atoms with van der Waals surface area (Å²) in [7, 11) is 1.70. The summed E-state index contributed by atoms with van der Waals surface area (Å²) in [6, 6.07) is 13.1. The van der Waals surface area contributed by atoms with Gasteiger partial charge in [0, 0.05) is 38.5 Å². The first kappa shape index (κ1) is 18.9. The van der Waals surface area contributed by atoms with E-state index in [9.17, 15) is 14.4 Å². The zero-order chi connectivity index (χ0) is 20.5. The van der Waals surface area contributed by atoms with Gasteiger partial charge in [-0.3, -0.25) is 4.79 Å². The van der Waals surface area contributed by atoms with Gasteiger partial charge in [0.2, 0.25) is 0 Å². The van der Waals surface area contributed by atoms with Crippen LogP contribution < -0.4 is 15.2 Å². The number of anilines is 1. The van der Waals surface area contributed by atoms with Gasteiger partial charge >= 0.3 is 0 Å². The SMILES string of the molecule is C[C@@H]1CN(c2cc(=O)n(C)c3ccc(C#N)nc23)CC[C@H]1Oc1ccc(F)cc1. The summed E-state index contributed by atoms with van der Waals surface area (Å²) in [6.07, 6.45) is 0.754. The second-order valence-electron chi connectivity index (χ2n) is 7.43. The fourth-order valence-corrected chi connectivity index (χ4v) is 3.82. The zero-order valence-electron chi connectivity index (χ0n) is 16.3. The lowest BCUT2D eigenvalue weighted by molar-refractivity contribution is 0.121. The highest BCUT2D eigenvalue weighted by Gasteiger charge is 2.29. The van der Waals surface area contributed by atoms with Gasteiger partial charge < -0.3 is 14.2 Å². The Morgan fingerprint density at radius 2 is 2.00 bits per heavy atom. The molecule has 2 atom stereocenters. The molecule has 0 spiro atoms. The van der Waals surface area contributed by atoms with Gasteiger partial charge in [0.05, 0.1) is 11.2 Å². The van der Waals surface area contributed by atoms with Crippen molar-refractivity contribution >= 4 is 16.7 Å². The third-order valence-electron chi connectivity index (χ3n) is 5.45. The topological polar surface area (TPSA) is 71.2 Å². The number of halogens is 1. The molecule has 0 bridgehead atoms. The smallest absolute Gasteiger partial charge is 0.252 e. The quantitative estimate of drug-likeness (QED) is 0.684. The molecule has 1 aliphatic heterocycles. The molecule has 1 saturated heterocycles. The fraction of sp³-hybridized carbons (Fsp3) is 0.318. The number of rotatable bonds is 3. The second-order valence-corrected chi connectivity index (χ2v) is 7.43. The van der Waals surface area contributed by atoms with Gasteiger partial charge in [-0.25, -0.2) is 9.37 Å². The number of fused-ring (bicyclic) bond motifs is 1. The van der Waals surface area contributed by atoms with Crippen molar-refractivity contribution in [2.45, 2.75) is 19.4 Å². The number of aromatic nitrogens is 2. The second kappa shape index (κ2) is 7.55. The molecule has 3 heterocycles. The summed E-state index contributed by atoms with van der Waals surface area (Å²) >= 11 is 0. The van der Waals surface area contributed by atoms with Crippen molar-refractivity contribution in [3.05, 3.63) is 64.3 Å². The molecular weight excluding hydrogens is 371 g/mol. The highest BCUT2D eigenvalue weighted by molar-refractivity contribution is 5.88. The molecule has 0 radical (unpaired) electrons. The van der Waals surface area contributed by atoms with Crippen LogP contribution in [0.5, 0.6) is 5.75 Å². The molecule has 0 amide bonds. The number of pyridine rings is 2. The van der Waals surface area contributed by atoms with Crippen LogP contribution in [0.4, 0.5) is 10.1 Å². The minimum atomic E-state index is -0.290. The molecule has 7 heteroatoms. The third-order valence-corrected chi connectivity index (χ3v) is 5.45. The highest BCUT2D eigenvalue weighted by atomic mass is 19.1. The Kier molecular flexibility index (Phi) is 4.93. The van der Waals surface area contributed by atoms with Crippen LogP contribution in [0.2, 0.25) is 0 Å². The van der Waals surface area contributed by atoms with Gasteiger partial charge in [-0.05, 0) is 36.4 Å². The molecule has 1 aliphatic rings. The molecule has 3 aromatic rings. The van der Waals surface area contributed by atoms with Crippen molar-refractivity contribution in [3.63, 3.8) is 0 Å². The molecule has 0 aliphatic carbocycles. The van der Waals surface area contributed by atoms with Crippen molar-refractivity contribution in [1.29, 1.82) is 5.26 Å². The molecule has 2 aromatic heterocycles. The summed E-state index contributed by atoms with van der Waals surface area (Å²) in [5.74, 6) is 0.546. The lowest BCUT2D eigenvalue weighted by atomic mass is 9.95. The van der Waals surface area contributed by atoms with Gasteiger partial charge in [-0.1, -0.05) is 6.92 Å². The molecule has 4 rings (SSSR count). The van der Waals surface area contributed by atoms with E-state index >= 15 is 0 Å². The number of nitrogens with zero attached hydrogens (tertiary/aromatic N) is 4. The summed E-state index contributed by atoms with van der Waals surface area (Å²) < 4.78 is 20.7. The largest absolute Gasteiger partial charge is 0.490 e. The predicted octanol–water partition coefficient (Wildman–Crippen LogP) is 3.24. The van der Waals surface area contributed by atoms with E-state index in [-0.39, 0.29) is 23.4 Å². The van der Waals surface area contributed by atoms with Crippen LogP contribution in [-0.4, -0.2) is 28.7 Å². The van der Waals surface area contributed by atoms with Crippen molar-refractivity contribution in [2.75, 3.05) is 18.0 Å². The molecule has 0 unspecified atom stereocenters. The summed E-state index contributed by atoms with van der Waals surface area (Å²) in [6.45, 7) is 3.47. The van der Waals surface area contributed by atoms with E-state index in [1.807, 2.05) is 0 Å². The number of hydrogen-bond acceptors (Lipinski definition) is 5. The summed E-state index contributed by atoms with van der Waals surface area (Å²) in [5.41, 5.74) is 2.30.